The van der Waals surface area contributed by atoms with Gasteiger partial charge in [-0.3, -0.25) is 0 Å². The lowest BCUT2D eigenvalue weighted by molar-refractivity contribution is -0.00649. The van der Waals surface area contributed by atoms with Crippen LogP contribution in [0.2, 0.25) is 0 Å². The molecule has 2 N–H and O–H groups in total. The largest absolute Gasteiger partial charge is 0.330 e. The molecule has 0 radical (unpaired) electrons. The van der Waals surface area contributed by atoms with Crippen molar-refractivity contribution in [3.05, 3.63) is 0 Å². The Morgan fingerprint density at radius 3 is 2.23 bits per heavy atom. The third kappa shape index (κ3) is 2.68. The molecule has 78 valence electrons. The number of nitrogens with zero attached hydrogens (tertiary/aromatic N) is 1. The van der Waals surface area contributed by atoms with Crippen molar-refractivity contribution in [2.24, 2.45) is 11.1 Å². The molecule has 0 aromatic rings. The highest BCUT2D eigenvalue weighted by Gasteiger charge is 2.38. The normalized spacial score (nSPS) is 21.5. The summed E-state index contributed by atoms with van der Waals surface area (Å²) in [4.78, 5) is 2.57. The van der Waals surface area contributed by atoms with Crippen LogP contribution in [0.4, 0.5) is 0 Å². The molecule has 1 rings (SSSR count). The minimum Gasteiger partial charge on any atom is -0.330 e. The number of rotatable bonds is 6. The van der Waals surface area contributed by atoms with E-state index >= 15 is 0 Å². The van der Waals surface area contributed by atoms with E-state index in [2.05, 4.69) is 18.7 Å². The van der Waals surface area contributed by atoms with Crippen LogP contribution in [0.3, 0.4) is 0 Å². The Morgan fingerprint density at radius 2 is 1.77 bits per heavy atom. The summed E-state index contributed by atoms with van der Waals surface area (Å²) in [5.41, 5.74) is 6.13. The summed E-state index contributed by atoms with van der Waals surface area (Å²) in [7, 11) is 0. The highest BCUT2D eigenvalue weighted by molar-refractivity contribution is 4.92. The highest BCUT2D eigenvalue weighted by Crippen LogP contribution is 2.36. The smallest absolute Gasteiger partial charge is 0.00503 e. The van der Waals surface area contributed by atoms with Gasteiger partial charge in [0.25, 0.3) is 0 Å². The lowest BCUT2D eigenvalue weighted by Gasteiger charge is -2.50. The Hall–Kier alpha value is -0.0800. The standard InChI is InChI=1S/C11H24N2/c1-3-11(4-2)9-13(10-11)8-6-5-7-12/h3-10,12H2,1-2H3. The first-order chi connectivity index (χ1) is 6.26. The van der Waals surface area contributed by atoms with Crippen LogP contribution in [-0.2, 0) is 0 Å². The summed E-state index contributed by atoms with van der Waals surface area (Å²) in [6, 6.07) is 0. The van der Waals surface area contributed by atoms with E-state index in [1.165, 1.54) is 45.3 Å². The summed E-state index contributed by atoms with van der Waals surface area (Å²) in [5.74, 6) is 0. The van der Waals surface area contributed by atoms with Crippen LogP contribution in [0.15, 0.2) is 0 Å². The highest BCUT2D eigenvalue weighted by atomic mass is 15.2. The fraction of sp³-hybridized carbons (Fsp3) is 1.00. The second kappa shape index (κ2) is 4.97. The average molecular weight is 184 g/mol. The Balaban J connectivity index is 2.09. The predicted molar refractivity (Wildman–Crippen MR) is 57.7 cm³/mol. The molecule has 0 spiro atoms. The van der Waals surface area contributed by atoms with Crippen molar-refractivity contribution < 1.29 is 0 Å². The van der Waals surface area contributed by atoms with Crippen LogP contribution in [0.5, 0.6) is 0 Å². The minimum absolute atomic E-state index is 0.669. The summed E-state index contributed by atoms with van der Waals surface area (Å²) < 4.78 is 0. The monoisotopic (exact) mass is 184 g/mol. The van der Waals surface area contributed by atoms with Crippen molar-refractivity contribution in [1.29, 1.82) is 0 Å². The zero-order chi connectivity index (χ0) is 9.73. The maximum Gasteiger partial charge on any atom is 0.00503 e. The molecule has 0 unspecified atom stereocenters. The molecule has 0 aromatic heterocycles. The van der Waals surface area contributed by atoms with Gasteiger partial charge in [0, 0.05) is 13.1 Å². The maximum absolute atomic E-state index is 5.46. The van der Waals surface area contributed by atoms with Gasteiger partial charge in [0.1, 0.15) is 0 Å². The molecule has 0 aromatic carbocycles. The molecule has 1 aliphatic rings. The third-order valence-corrected chi connectivity index (χ3v) is 3.55. The van der Waals surface area contributed by atoms with Gasteiger partial charge in [-0.15, -0.1) is 0 Å². The molecule has 2 heteroatoms. The van der Waals surface area contributed by atoms with E-state index < -0.39 is 0 Å². The molecule has 1 aliphatic heterocycles. The fourth-order valence-corrected chi connectivity index (χ4v) is 2.24. The third-order valence-electron chi connectivity index (χ3n) is 3.55. The molecule has 1 fully saturated rings. The van der Waals surface area contributed by atoms with Gasteiger partial charge in [0.15, 0.2) is 0 Å². The van der Waals surface area contributed by atoms with Crippen LogP contribution in [0.25, 0.3) is 0 Å². The molecule has 2 nitrogen and oxygen atoms in total. The van der Waals surface area contributed by atoms with E-state index in [9.17, 15) is 0 Å². The van der Waals surface area contributed by atoms with Gasteiger partial charge >= 0.3 is 0 Å². The van der Waals surface area contributed by atoms with E-state index in [-0.39, 0.29) is 0 Å². The van der Waals surface area contributed by atoms with Gasteiger partial charge in [-0.05, 0) is 44.2 Å². The molecule has 0 atom stereocenters. The predicted octanol–water partition coefficient (Wildman–Crippen LogP) is 1.85. The first kappa shape index (κ1) is 11.0. The molecule has 1 saturated heterocycles. The van der Waals surface area contributed by atoms with Gasteiger partial charge in [-0.1, -0.05) is 13.8 Å². The summed E-state index contributed by atoms with van der Waals surface area (Å²) in [6.45, 7) is 9.40. The van der Waals surface area contributed by atoms with Crippen LogP contribution < -0.4 is 5.73 Å². The van der Waals surface area contributed by atoms with Gasteiger partial charge in [-0.25, -0.2) is 0 Å². The molecule has 0 amide bonds. The molecule has 0 saturated carbocycles. The average Bonchev–Trinajstić information content (AvgIpc) is 2.10. The van der Waals surface area contributed by atoms with E-state index in [1.54, 1.807) is 0 Å². The Bertz CT molecular complexity index is 133. The topological polar surface area (TPSA) is 29.3 Å². The second-order valence-corrected chi connectivity index (χ2v) is 4.41. The lowest BCUT2D eigenvalue weighted by Crippen LogP contribution is -2.55. The number of unbranched alkanes of at least 4 members (excludes halogenated alkanes) is 1. The summed E-state index contributed by atoms with van der Waals surface area (Å²) in [5, 5.41) is 0. The van der Waals surface area contributed by atoms with Gasteiger partial charge in [-0.2, -0.15) is 0 Å². The first-order valence-electron chi connectivity index (χ1n) is 5.69. The van der Waals surface area contributed by atoms with Gasteiger partial charge in [0.05, 0.1) is 0 Å². The van der Waals surface area contributed by atoms with Crippen molar-refractivity contribution >= 4 is 0 Å². The molecule has 0 aliphatic carbocycles. The van der Waals surface area contributed by atoms with Crippen LogP contribution in [0.1, 0.15) is 39.5 Å². The number of hydrogen-bond donors (Lipinski definition) is 1. The van der Waals surface area contributed by atoms with Crippen LogP contribution in [0, 0.1) is 5.41 Å². The lowest BCUT2D eigenvalue weighted by atomic mass is 9.75. The summed E-state index contributed by atoms with van der Waals surface area (Å²) in [6.07, 6.45) is 5.15. The van der Waals surface area contributed by atoms with Crippen molar-refractivity contribution in [2.75, 3.05) is 26.2 Å². The summed E-state index contributed by atoms with van der Waals surface area (Å²) >= 11 is 0. The molecule has 0 bridgehead atoms. The number of hydrogen-bond acceptors (Lipinski definition) is 2. The molecular formula is C11H24N2. The molecule has 13 heavy (non-hydrogen) atoms. The first-order valence-corrected chi connectivity index (χ1v) is 5.69. The maximum atomic E-state index is 5.46. The van der Waals surface area contributed by atoms with E-state index in [0.29, 0.717) is 5.41 Å². The van der Waals surface area contributed by atoms with Crippen LogP contribution in [-0.4, -0.2) is 31.1 Å². The van der Waals surface area contributed by atoms with Crippen molar-refractivity contribution in [3.8, 4) is 0 Å². The van der Waals surface area contributed by atoms with Crippen LogP contribution >= 0.6 is 0 Å². The minimum atomic E-state index is 0.669. The van der Waals surface area contributed by atoms with Crippen molar-refractivity contribution in [3.63, 3.8) is 0 Å². The van der Waals surface area contributed by atoms with E-state index in [0.717, 1.165) is 6.54 Å². The van der Waals surface area contributed by atoms with E-state index in [4.69, 9.17) is 5.73 Å². The molecule has 1 heterocycles. The van der Waals surface area contributed by atoms with Gasteiger partial charge in [0.2, 0.25) is 0 Å². The zero-order valence-electron chi connectivity index (χ0n) is 9.18. The Kier molecular flexibility index (Phi) is 4.20. The van der Waals surface area contributed by atoms with Gasteiger partial charge < -0.3 is 10.6 Å². The number of nitrogens with two attached hydrogens (primary N) is 1. The zero-order valence-corrected chi connectivity index (χ0v) is 9.18. The van der Waals surface area contributed by atoms with Crippen molar-refractivity contribution in [1.82, 2.24) is 4.90 Å². The Morgan fingerprint density at radius 1 is 1.15 bits per heavy atom. The van der Waals surface area contributed by atoms with E-state index in [1.807, 2.05) is 0 Å². The fourth-order valence-electron chi connectivity index (χ4n) is 2.24. The SMILES string of the molecule is CCC1(CC)CN(CCCCN)C1. The quantitative estimate of drug-likeness (QED) is 0.638. The van der Waals surface area contributed by atoms with Crippen molar-refractivity contribution in [2.45, 2.75) is 39.5 Å². The number of likely N-dealkylation sites (tertiary alicyclic amines) is 1. The Labute approximate surface area is 82.5 Å². The molecular weight excluding hydrogens is 160 g/mol. The second-order valence-electron chi connectivity index (χ2n) is 4.41.